The Labute approximate surface area is 168 Å². The average Bonchev–Trinajstić information content (AvgIpc) is 3.47. The molecule has 29 heavy (non-hydrogen) atoms. The first kappa shape index (κ1) is 18.9. The predicted octanol–water partition coefficient (Wildman–Crippen LogP) is 2.67. The summed E-state index contributed by atoms with van der Waals surface area (Å²) in [6.07, 6.45) is 1.55. The van der Waals surface area contributed by atoms with E-state index in [1.54, 1.807) is 42.1 Å². The second-order valence-electron chi connectivity index (χ2n) is 5.94. The zero-order chi connectivity index (χ0) is 20.2. The number of benzene rings is 1. The number of nitrogens with zero attached hydrogens (tertiary/aromatic N) is 5. The molecule has 11 heteroatoms. The maximum atomic E-state index is 13.1. The second kappa shape index (κ2) is 8.27. The zero-order valence-corrected chi connectivity index (χ0v) is 16.0. The summed E-state index contributed by atoms with van der Waals surface area (Å²) in [5.41, 5.74) is 0.617. The lowest BCUT2D eigenvalue weighted by atomic mass is 10.2. The summed E-state index contributed by atoms with van der Waals surface area (Å²) < 4.78 is 25.1. The van der Waals surface area contributed by atoms with Gasteiger partial charge in [-0.2, -0.15) is 4.98 Å². The number of halogens is 1. The normalized spacial score (nSPS) is 11.0. The lowest BCUT2D eigenvalue weighted by molar-refractivity contribution is -0.118. The van der Waals surface area contributed by atoms with Crippen molar-refractivity contribution in [3.05, 3.63) is 54.2 Å². The van der Waals surface area contributed by atoms with E-state index in [4.69, 9.17) is 8.94 Å². The summed E-state index contributed by atoms with van der Waals surface area (Å²) in [6, 6.07) is 9.30. The molecular weight excluding hydrogens is 399 g/mol. The first-order chi connectivity index (χ1) is 14.1. The monoisotopic (exact) mass is 414 g/mol. The van der Waals surface area contributed by atoms with Crippen LogP contribution in [0.2, 0.25) is 0 Å². The van der Waals surface area contributed by atoms with Gasteiger partial charge in [0.1, 0.15) is 11.6 Å². The van der Waals surface area contributed by atoms with Crippen LogP contribution in [0.1, 0.15) is 5.76 Å². The zero-order valence-electron chi connectivity index (χ0n) is 15.2. The molecule has 3 heterocycles. The van der Waals surface area contributed by atoms with Crippen LogP contribution < -0.4 is 5.32 Å². The maximum absolute atomic E-state index is 13.1. The molecule has 9 nitrogen and oxygen atoms in total. The fraction of sp³-hybridized carbons (Fsp3) is 0.167. The molecule has 3 aromatic heterocycles. The number of carbonyl (C=O) groups excluding carboxylic acids is 1. The minimum atomic E-state index is -0.347. The Morgan fingerprint density at radius 2 is 2.07 bits per heavy atom. The Hall–Kier alpha value is -3.47. The molecule has 0 atom stereocenters. The van der Waals surface area contributed by atoms with Gasteiger partial charge in [-0.25, -0.2) is 4.39 Å². The average molecular weight is 414 g/mol. The molecule has 0 aliphatic carbocycles. The molecule has 0 unspecified atom stereocenters. The Morgan fingerprint density at radius 3 is 2.83 bits per heavy atom. The van der Waals surface area contributed by atoms with Crippen molar-refractivity contribution < 1.29 is 18.1 Å². The van der Waals surface area contributed by atoms with E-state index in [1.807, 2.05) is 0 Å². The topological polar surface area (TPSA) is 112 Å². The number of carbonyl (C=O) groups is 1. The van der Waals surface area contributed by atoms with Crippen molar-refractivity contribution in [3.8, 4) is 23.1 Å². The van der Waals surface area contributed by atoms with Crippen molar-refractivity contribution in [2.45, 2.75) is 11.7 Å². The third-order valence-corrected chi connectivity index (χ3v) is 4.95. The predicted molar refractivity (Wildman–Crippen MR) is 101 cm³/mol. The van der Waals surface area contributed by atoms with E-state index in [1.165, 1.54) is 23.9 Å². The summed E-state index contributed by atoms with van der Waals surface area (Å²) in [7, 11) is 1.74. The van der Waals surface area contributed by atoms with Gasteiger partial charge < -0.3 is 18.8 Å². The highest BCUT2D eigenvalue weighted by atomic mass is 32.2. The van der Waals surface area contributed by atoms with Crippen LogP contribution in [0.15, 0.2) is 56.8 Å². The van der Waals surface area contributed by atoms with E-state index in [0.717, 1.165) is 0 Å². The molecule has 0 aliphatic heterocycles. The highest BCUT2D eigenvalue weighted by Gasteiger charge is 2.19. The minimum absolute atomic E-state index is 0.160. The van der Waals surface area contributed by atoms with Gasteiger partial charge >= 0.3 is 0 Å². The summed E-state index contributed by atoms with van der Waals surface area (Å²) in [5, 5.41) is 15.3. The molecular formula is C18H15FN6O3S. The van der Waals surface area contributed by atoms with E-state index < -0.39 is 0 Å². The third-order valence-electron chi connectivity index (χ3n) is 3.93. The Balaban J connectivity index is 1.39. The molecule has 148 valence electrons. The Kier molecular flexibility index (Phi) is 5.38. The van der Waals surface area contributed by atoms with Crippen LogP contribution in [-0.2, 0) is 18.4 Å². The third kappa shape index (κ3) is 4.35. The summed E-state index contributed by atoms with van der Waals surface area (Å²) in [6.45, 7) is 0.324. The van der Waals surface area contributed by atoms with Gasteiger partial charge in [-0.3, -0.25) is 4.79 Å². The molecule has 0 bridgehead atoms. The maximum Gasteiger partial charge on any atom is 0.296 e. The van der Waals surface area contributed by atoms with Crippen molar-refractivity contribution in [1.82, 2.24) is 30.2 Å². The number of hydrogen-bond acceptors (Lipinski definition) is 8. The van der Waals surface area contributed by atoms with Gasteiger partial charge in [0.05, 0.1) is 18.6 Å². The van der Waals surface area contributed by atoms with Crippen LogP contribution in [0.3, 0.4) is 0 Å². The van der Waals surface area contributed by atoms with E-state index >= 15 is 0 Å². The number of amides is 1. The van der Waals surface area contributed by atoms with Crippen molar-refractivity contribution in [2.75, 3.05) is 5.75 Å². The SMILES string of the molecule is Cn1c(SCC(=O)NCc2ccco2)nnc1-c1nc(-c2ccc(F)cc2)no1. The molecule has 1 N–H and O–H groups in total. The number of aromatic nitrogens is 5. The number of hydrogen-bond donors (Lipinski definition) is 1. The van der Waals surface area contributed by atoms with Crippen LogP contribution in [0.5, 0.6) is 0 Å². The fourth-order valence-electron chi connectivity index (χ4n) is 2.44. The smallest absolute Gasteiger partial charge is 0.296 e. The van der Waals surface area contributed by atoms with Crippen molar-refractivity contribution in [1.29, 1.82) is 0 Å². The lowest BCUT2D eigenvalue weighted by Gasteiger charge is -2.03. The Morgan fingerprint density at radius 1 is 1.24 bits per heavy atom. The van der Waals surface area contributed by atoms with Crippen LogP contribution in [0.25, 0.3) is 23.1 Å². The molecule has 4 rings (SSSR count). The van der Waals surface area contributed by atoms with Gasteiger partial charge in [0.15, 0.2) is 5.16 Å². The van der Waals surface area contributed by atoms with E-state index in [2.05, 4.69) is 25.7 Å². The largest absolute Gasteiger partial charge is 0.467 e. The highest BCUT2D eigenvalue weighted by Crippen LogP contribution is 2.24. The molecule has 1 aromatic carbocycles. The van der Waals surface area contributed by atoms with E-state index in [9.17, 15) is 9.18 Å². The van der Waals surface area contributed by atoms with Gasteiger partial charge in [-0.15, -0.1) is 10.2 Å². The lowest BCUT2D eigenvalue weighted by Crippen LogP contribution is -2.24. The molecule has 0 saturated heterocycles. The first-order valence-corrected chi connectivity index (χ1v) is 9.50. The van der Waals surface area contributed by atoms with Crippen molar-refractivity contribution >= 4 is 17.7 Å². The van der Waals surface area contributed by atoms with Crippen LogP contribution in [-0.4, -0.2) is 36.6 Å². The fourth-order valence-corrected chi connectivity index (χ4v) is 3.18. The van der Waals surface area contributed by atoms with E-state index in [-0.39, 0.29) is 23.4 Å². The van der Waals surface area contributed by atoms with Crippen LogP contribution in [0, 0.1) is 5.82 Å². The summed E-state index contributed by atoms with van der Waals surface area (Å²) >= 11 is 1.23. The molecule has 0 spiro atoms. The number of thioether (sulfide) groups is 1. The standard InChI is InChI=1S/C18H15FN6O3S/c1-25-16(17-21-15(24-28-17)11-4-6-12(19)7-5-11)22-23-18(25)29-10-14(26)20-9-13-3-2-8-27-13/h2-8H,9-10H2,1H3,(H,20,26). The van der Waals surface area contributed by atoms with Gasteiger partial charge in [0.2, 0.25) is 17.6 Å². The molecule has 1 amide bonds. The number of rotatable bonds is 7. The molecule has 0 aliphatic rings. The Bertz CT molecular complexity index is 1110. The molecule has 0 saturated carbocycles. The van der Waals surface area contributed by atoms with Gasteiger partial charge in [-0.05, 0) is 36.4 Å². The van der Waals surface area contributed by atoms with Crippen molar-refractivity contribution in [3.63, 3.8) is 0 Å². The van der Waals surface area contributed by atoms with Gasteiger partial charge in [0.25, 0.3) is 5.89 Å². The van der Waals surface area contributed by atoms with Gasteiger partial charge in [0, 0.05) is 12.6 Å². The number of nitrogens with one attached hydrogen (secondary N) is 1. The molecule has 4 aromatic rings. The first-order valence-electron chi connectivity index (χ1n) is 8.51. The summed E-state index contributed by atoms with van der Waals surface area (Å²) in [4.78, 5) is 16.3. The molecule has 0 radical (unpaired) electrons. The second-order valence-corrected chi connectivity index (χ2v) is 6.88. The molecule has 0 fully saturated rings. The van der Waals surface area contributed by atoms with Crippen LogP contribution >= 0.6 is 11.8 Å². The van der Waals surface area contributed by atoms with E-state index in [0.29, 0.717) is 34.7 Å². The van der Waals surface area contributed by atoms with Gasteiger partial charge in [-0.1, -0.05) is 16.9 Å². The quantitative estimate of drug-likeness (QED) is 0.460. The minimum Gasteiger partial charge on any atom is -0.467 e. The van der Waals surface area contributed by atoms with Crippen molar-refractivity contribution in [2.24, 2.45) is 7.05 Å². The highest BCUT2D eigenvalue weighted by molar-refractivity contribution is 7.99. The number of furan rings is 1. The summed E-state index contributed by atoms with van der Waals surface area (Å²) in [5.74, 6) is 1.19. The van der Waals surface area contributed by atoms with Crippen LogP contribution in [0.4, 0.5) is 4.39 Å².